The third-order valence-corrected chi connectivity index (χ3v) is 2.67. The van der Waals surface area contributed by atoms with Gasteiger partial charge in [0, 0.05) is 0 Å². The van der Waals surface area contributed by atoms with Gasteiger partial charge in [-0.05, 0) is 42.2 Å². The number of benzene rings is 2. The summed E-state index contributed by atoms with van der Waals surface area (Å²) in [5, 5.41) is 0. The Labute approximate surface area is 115 Å². The van der Waals surface area contributed by atoms with E-state index in [1.807, 2.05) is 19.1 Å². The molecule has 0 fully saturated rings. The van der Waals surface area contributed by atoms with Crippen molar-refractivity contribution >= 4 is 0 Å². The lowest BCUT2D eigenvalue weighted by atomic mass is 10.0. The summed E-state index contributed by atoms with van der Waals surface area (Å²) >= 11 is 0. The molecule has 0 radical (unpaired) electrons. The number of hydrogen-bond donors (Lipinski definition) is 0. The molecular formula is C18H21F. The summed E-state index contributed by atoms with van der Waals surface area (Å²) in [6.45, 7) is 7.42. The predicted octanol–water partition coefficient (Wildman–Crippen LogP) is 5.64. The Hall–Kier alpha value is -1.89. The molecule has 0 heterocycles. The summed E-state index contributed by atoms with van der Waals surface area (Å²) in [4.78, 5) is 0. The van der Waals surface area contributed by atoms with E-state index in [2.05, 4.69) is 37.8 Å². The first-order chi connectivity index (χ1) is 9.21. The molecule has 0 spiro atoms. The van der Waals surface area contributed by atoms with E-state index in [0.29, 0.717) is 0 Å². The van der Waals surface area contributed by atoms with Gasteiger partial charge in [-0.3, -0.25) is 0 Å². The summed E-state index contributed by atoms with van der Waals surface area (Å²) in [6, 6.07) is 15.1. The van der Waals surface area contributed by atoms with E-state index in [4.69, 9.17) is 0 Å². The fourth-order valence-corrected chi connectivity index (χ4v) is 1.79. The van der Waals surface area contributed by atoms with Gasteiger partial charge in [0.15, 0.2) is 0 Å². The van der Waals surface area contributed by atoms with Gasteiger partial charge in [-0.1, -0.05) is 55.8 Å². The van der Waals surface area contributed by atoms with Crippen molar-refractivity contribution in [2.45, 2.75) is 26.7 Å². The second-order valence-corrected chi connectivity index (χ2v) is 4.36. The number of aryl methyl sites for hydroxylation is 1. The molecule has 0 bridgehead atoms. The molecule has 0 N–H and O–H groups in total. The Morgan fingerprint density at radius 1 is 0.947 bits per heavy atom. The summed E-state index contributed by atoms with van der Waals surface area (Å²) in [5.74, 6) is -0.189. The van der Waals surface area contributed by atoms with E-state index in [-0.39, 0.29) is 5.82 Å². The number of halogens is 1. The lowest BCUT2D eigenvalue weighted by Gasteiger charge is -2.03. The Morgan fingerprint density at radius 3 is 1.79 bits per heavy atom. The normalized spacial score (nSPS) is 9.42. The third-order valence-electron chi connectivity index (χ3n) is 2.67. The number of allylic oxidation sites excluding steroid dienone is 1. The van der Waals surface area contributed by atoms with Crippen LogP contribution in [0.25, 0.3) is 11.1 Å². The molecule has 0 atom stereocenters. The maximum Gasteiger partial charge on any atom is 0.123 e. The standard InChI is InChI=1S/C15H15F.C3H6/c1-2-3-12-4-6-13(7-5-12)14-8-10-15(16)11-9-14;1-3-2/h4-11H,2-3H2,1H3;3H,1H2,2H3. The van der Waals surface area contributed by atoms with Gasteiger partial charge in [0.2, 0.25) is 0 Å². The van der Waals surface area contributed by atoms with Crippen molar-refractivity contribution in [2.24, 2.45) is 0 Å². The topological polar surface area (TPSA) is 0 Å². The molecular weight excluding hydrogens is 235 g/mol. The zero-order valence-electron chi connectivity index (χ0n) is 11.7. The molecule has 0 nitrogen and oxygen atoms in total. The minimum absolute atomic E-state index is 0.189. The largest absolute Gasteiger partial charge is 0.207 e. The van der Waals surface area contributed by atoms with Crippen LogP contribution in [0.15, 0.2) is 61.2 Å². The molecule has 0 saturated carbocycles. The minimum Gasteiger partial charge on any atom is -0.207 e. The predicted molar refractivity (Wildman–Crippen MR) is 81.7 cm³/mol. The van der Waals surface area contributed by atoms with E-state index < -0.39 is 0 Å². The van der Waals surface area contributed by atoms with Crippen molar-refractivity contribution in [1.29, 1.82) is 0 Å². The first-order valence-corrected chi connectivity index (χ1v) is 6.63. The van der Waals surface area contributed by atoms with Crippen LogP contribution in [0.3, 0.4) is 0 Å². The van der Waals surface area contributed by atoms with Crippen LogP contribution in [0.5, 0.6) is 0 Å². The van der Waals surface area contributed by atoms with Crippen LogP contribution in [0.2, 0.25) is 0 Å². The van der Waals surface area contributed by atoms with Gasteiger partial charge in [0.1, 0.15) is 5.82 Å². The van der Waals surface area contributed by atoms with Gasteiger partial charge in [-0.2, -0.15) is 0 Å². The SMILES string of the molecule is C=CC.CCCc1ccc(-c2ccc(F)cc2)cc1. The van der Waals surface area contributed by atoms with Gasteiger partial charge in [0.05, 0.1) is 0 Å². The first-order valence-electron chi connectivity index (χ1n) is 6.63. The number of hydrogen-bond acceptors (Lipinski definition) is 0. The van der Waals surface area contributed by atoms with Crippen molar-refractivity contribution < 1.29 is 4.39 Å². The van der Waals surface area contributed by atoms with E-state index in [1.54, 1.807) is 6.08 Å². The Morgan fingerprint density at radius 2 is 1.37 bits per heavy atom. The summed E-state index contributed by atoms with van der Waals surface area (Å²) in [5.41, 5.74) is 3.55. The van der Waals surface area contributed by atoms with Gasteiger partial charge in [0.25, 0.3) is 0 Å². The smallest absolute Gasteiger partial charge is 0.123 e. The molecule has 100 valence electrons. The van der Waals surface area contributed by atoms with Crippen molar-refractivity contribution in [3.8, 4) is 11.1 Å². The summed E-state index contributed by atoms with van der Waals surface area (Å²) in [7, 11) is 0. The average molecular weight is 256 g/mol. The van der Waals surface area contributed by atoms with Crippen LogP contribution < -0.4 is 0 Å². The maximum absolute atomic E-state index is 12.8. The van der Waals surface area contributed by atoms with Crippen LogP contribution in [0.4, 0.5) is 4.39 Å². The highest BCUT2D eigenvalue weighted by molar-refractivity contribution is 5.63. The Balaban J connectivity index is 0.000000550. The zero-order valence-corrected chi connectivity index (χ0v) is 11.7. The molecule has 2 aromatic rings. The van der Waals surface area contributed by atoms with Gasteiger partial charge >= 0.3 is 0 Å². The second kappa shape index (κ2) is 8.25. The molecule has 0 unspecified atom stereocenters. The van der Waals surface area contributed by atoms with Crippen LogP contribution in [0, 0.1) is 5.82 Å². The molecule has 0 amide bonds. The highest BCUT2D eigenvalue weighted by atomic mass is 19.1. The van der Waals surface area contributed by atoms with Gasteiger partial charge in [-0.15, -0.1) is 6.58 Å². The van der Waals surface area contributed by atoms with E-state index in [1.165, 1.54) is 17.7 Å². The fourth-order valence-electron chi connectivity index (χ4n) is 1.79. The maximum atomic E-state index is 12.8. The van der Waals surface area contributed by atoms with Gasteiger partial charge < -0.3 is 0 Å². The molecule has 0 saturated heterocycles. The lowest BCUT2D eigenvalue weighted by molar-refractivity contribution is 0.628. The van der Waals surface area contributed by atoms with Crippen LogP contribution in [0.1, 0.15) is 25.8 Å². The molecule has 0 aliphatic carbocycles. The molecule has 1 heteroatoms. The lowest BCUT2D eigenvalue weighted by Crippen LogP contribution is -1.83. The molecule has 2 aromatic carbocycles. The minimum atomic E-state index is -0.189. The quantitative estimate of drug-likeness (QED) is 0.624. The van der Waals surface area contributed by atoms with E-state index in [0.717, 1.165) is 24.0 Å². The molecule has 2 rings (SSSR count). The highest BCUT2D eigenvalue weighted by Crippen LogP contribution is 2.20. The average Bonchev–Trinajstić information content (AvgIpc) is 2.42. The van der Waals surface area contributed by atoms with E-state index >= 15 is 0 Å². The molecule has 0 aromatic heterocycles. The fraction of sp³-hybridized carbons (Fsp3) is 0.222. The van der Waals surface area contributed by atoms with Crippen molar-refractivity contribution in [3.63, 3.8) is 0 Å². The Bertz CT molecular complexity index is 480. The number of rotatable bonds is 3. The monoisotopic (exact) mass is 256 g/mol. The third kappa shape index (κ3) is 5.09. The summed E-state index contributed by atoms with van der Waals surface area (Å²) < 4.78 is 12.8. The van der Waals surface area contributed by atoms with E-state index in [9.17, 15) is 4.39 Å². The second-order valence-electron chi connectivity index (χ2n) is 4.36. The highest BCUT2D eigenvalue weighted by Gasteiger charge is 1.98. The van der Waals surface area contributed by atoms with Crippen LogP contribution >= 0.6 is 0 Å². The Kier molecular flexibility index (Phi) is 6.59. The van der Waals surface area contributed by atoms with Crippen molar-refractivity contribution in [3.05, 3.63) is 72.6 Å². The van der Waals surface area contributed by atoms with Crippen molar-refractivity contribution in [2.75, 3.05) is 0 Å². The molecule has 0 aliphatic rings. The van der Waals surface area contributed by atoms with Gasteiger partial charge in [-0.25, -0.2) is 4.39 Å². The van der Waals surface area contributed by atoms with Crippen molar-refractivity contribution in [1.82, 2.24) is 0 Å². The molecule has 0 aliphatic heterocycles. The summed E-state index contributed by atoms with van der Waals surface area (Å²) in [6.07, 6.45) is 4.03. The zero-order chi connectivity index (χ0) is 14.1. The van der Waals surface area contributed by atoms with Crippen LogP contribution in [-0.4, -0.2) is 0 Å². The first kappa shape index (κ1) is 15.2. The molecule has 19 heavy (non-hydrogen) atoms. The van der Waals surface area contributed by atoms with Crippen LogP contribution in [-0.2, 0) is 6.42 Å².